The number of hydrogen-bond donors (Lipinski definition) is 0. The van der Waals surface area contributed by atoms with Gasteiger partial charge in [0.05, 0.1) is 0 Å². The molecule has 47 heavy (non-hydrogen) atoms. The predicted octanol–water partition coefficient (Wildman–Crippen LogP) is 13.7. The van der Waals surface area contributed by atoms with E-state index in [2.05, 4.69) is 170 Å². The molecule has 1 aromatic heterocycles. The van der Waals surface area contributed by atoms with E-state index in [0.717, 1.165) is 0 Å². The minimum absolute atomic E-state index is 1.23. The van der Waals surface area contributed by atoms with Crippen LogP contribution in [0.5, 0.6) is 0 Å². The zero-order chi connectivity index (χ0) is 30.9. The third-order valence-electron chi connectivity index (χ3n) is 9.82. The molecule has 9 aromatic carbocycles. The van der Waals surface area contributed by atoms with Gasteiger partial charge in [-0.1, -0.05) is 146 Å². The maximum atomic E-state index is 2.35. The second-order valence-electron chi connectivity index (χ2n) is 12.5. The number of benzene rings is 9. The third-order valence-corrected chi connectivity index (χ3v) is 11.1. The number of thiophene rings is 1. The molecule has 0 amide bonds. The van der Waals surface area contributed by atoms with Gasteiger partial charge in [0.25, 0.3) is 0 Å². The maximum Gasteiger partial charge on any atom is 0.0434 e. The molecule has 0 saturated heterocycles. The second kappa shape index (κ2) is 10.4. The van der Waals surface area contributed by atoms with Gasteiger partial charge in [0.15, 0.2) is 0 Å². The first-order valence-corrected chi connectivity index (χ1v) is 17.0. The summed E-state index contributed by atoms with van der Waals surface area (Å²) >= 11 is 1.92. The van der Waals surface area contributed by atoms with Gasteiger partial charge in [-0.3, -0.25) is 0 Å². The van der Waals surface area contributed by atoms with Crippen molar-refractivity contribution in [3.8, 4) is 33.4 Å². The van der Waals surface area contributed by atoms with Crippen molar-refractivity contribution >= 4 is 74.6 Å². The quantitative estimate of drug-likeness (QED) is 0.174. The molecule has 0 unspecified atom stereocenters. The Morgan fingerprint density at radius 2 is 0.766 bits per heavy atom. The minimum atomic E-state index is 1.23. The normalized spacial score (nSPS) is 11.8. The molecular weight excluding hydrogens is 585 g/mol. The van der Waals surface area contributed by atoms with Crippen molar-refractivity contribution in [3.63, 3.8) is 0 Å². The molecule has 10 rings (SSSR count). The first-order chi connectivity index (χ1) is 23.3. The lowest BCUT2D eigenvalue weighted by atomic mass is 9.94. The van der Waals surface area contributed by atoms with Gasteiger partial charge in [-0.2, -0.15) is 0 Å². The van der Waals surface area contributed by atoms with Crippen LogP contribution in [0.15, 0.2) is 170 Å². The summed E-state index contributed by atoms with van der Waals surface area (Å²) in [7, 11) is 0. The van der Waals surface area contributed by atoms with Gasteiger partial charge in [0.2, 0.25) is 0 Å². The smallest absolute Gasteiger partial charge is 0.0434 e. The maximum absolute atomic E-state index is 2.35. The molecule has 218 valence electrons. The molecule has 0 N–H and O–H groups in total. The fourth-order valence-corrected chi connectivity index (χ4v) is 8.78. The zero-order valence-corrected chi connectivity index (χ0v) is 26.4. The van der Waals surface area contributed by atoms with Gasteiger partial charge < -0.3 is 0 Å². The first-order valence-electron chi connectivity index (χ1n) is 16.2. The molecule has 0 nitrogen and oxygen atoms in total. The second-order valence-corrected chi connectivity index (χ2v) is 13.5. The lowest BCUT2D eigenvalue weighted by molar-refractivity contribution is 1.62. The van der Waals surface area contributed by atoms with E-state index in [-0.39, 0.29) is 0 Å². The highest BCUT2D eigenvalue weighted by molar-refractivity contribution is 7.27. The molecule has 0 aliphatic rings. The van der Waals surface area contributed by atoms with Gasteiger partial charge in [-0.15, -0.1) is 11.3 Å². The first kappa shape index (κ1) is 26.5. The standard InChI is InChI=1S/C46H28S/c1-3-11-39-29(7-1)15-16-31-17-18-37(28-44(31)39)36-22-21-34-25-33(19-20-35(34)26-36)32-9-5-10-38(27-32)41-13-6-14-42-43-24-23-30-8-2-4-12-40(30)45(43)47-46(41)42/h1-28H. The molecular formula is C46H28S. The average Bonchev–Trinajstić information content (AvgIpc) is 3.54. The zero-order valence-electron chi connectivity index (χ0n) is 25.6. The van der Waals surface area contributed by atoms with E-state index in [9.17, 15) is 0 Å². The molecule has 1 heterocycles. The highest BCUT2D eigenvalue weighted by Crippen LogP contribution is 2.43. The molecule has 0 atom stereocenters. The van der Waals surface area contributed by atoms with Crippen LogP contribution in [0.4, 0.5) is 0 Å². The molecule has 0 saturated carbocycles. The monoisotopic (exact) mass is 612 g/mol. The molecule has 1 heteroatoms. The predicted molar refractivity (Wildman–Crippen MR) is 206 cm³/mol. The third kappa shape index (κ3) is 4.28. The number of hydrogen-bond acceptors (Lipinski definition) is 1. The van der Waals surface area contributed by atoms with E-state index in [0.29, 0.717) is 0 Å². The molecule has 0 fully saturated rings. The van der Waals surface area contributed by atoms with Crippen molar-refractivity contribution in [1.82, 2.24) is 0 Å². The van der Waals surface area contributed by atoms with Crippen LogP contribution < -0.4 is 0 Å². The number of fused-ring (bicyclic) bond motifs is 9. The van der Waals surface area contributed by atoms with E-state index in [1.54, 1.807) is 0 Å². The summed E-state index contributed by atoms with van der Waals surface area (Å²) in [5.74, 6) is 0. The fourth-order valence-electron chi connectivity index (χ4n) is 7.41. The van der Waals surface area contributed by atoms with Gasteiger partial charge in [0, 0.05) is 20.2 Å². The molecule has 0 radical (unpaired) electrons. The largest absolute Gasteiger partial charge is 0.134 e. The lowest BCUT2D eigenvalue weighted by Gasteiger charge is -2.10. The summed E-state index contributed by atoms with van der Waals surface area (Å²) in [5, 5.41) is 13.0. The van der Waals surface area contributed by atoms with E-state index in [4.69, 9.17) is 0 Å². The SMILES string of the molecule is c1cc(-c2ccc3cc(-c4ccc5ccc6ccccc6c5c4)ccc3c2)cc(-c2cccc3c2sc2c4ccccc4ccc32)c1. The summed E-state index contributed by atoms with van der Waals surface area (Å²) < 4.78 is 2.72. The Balaban J connectivity index is 1.03. The summed E-state index contributed by atoms with van der Waals surface area (Å²) in [6, 6.07) is 62.7. The summed E-state index contributed by atoms with van der Waals surface area (Å²) in [6.07, 6.45) is 0. The topological polar surface area (TPSA) is 0 Å². The van der Waals surface area contributed by atoms with Gasteiger partial charge in [0.1, 0.15) is 0 Å². The van der Waals surface area contributed by atoms with E-state index >= 15 is 0 Å². The molecule has 0 bridgehead atoms. The Morgan fingerprint density at radius 3 is 1.55 bits per heavy atom. The molecule has 0 spiro atoms. The average molecular weight is 613 g/mol. The van der Waals surface area contributed by atoms with Crippen LogP contribution in [0.2, 0.25) is 0 Å². The Hall–Kier alpha value is -5.76. The van der Waals surface area contributed by atoms with Crippen LogP contribution >= 0.6 is 11.3 Å². The number of rotatable bonds is 3. The summed E-state index contributed by atoms with van der Waals surface area (Å²) in [4.78, 5) is 0. The van der Waals surface area contributed by atoms with Crippen molar-refractivity contribution in [3.05, 3.63) is 170 Å². The molecule has 10 aromatic rings. The summed E-state index contributed by atoms with van der Waals surface area (Å²) in [5.41, 5.74) is 7.51. The van der Waals surface area contributed by atoms with E-state index in [1.807, 2.05) is 11.3 Å². The van der Waals surface area contributed by atoms with E-state index < -0.39 is 0 Å². The molecule has 0 aliphatic heterocycles. The summed E-state index contributed by atoms with van der Waals surface area (Å²) in [6.45, 7) is 0. The van der Waals surface area contributed by atoms with Crippen LogP contribution in [0.1, 0.15) is 0 Å². The Bertz CT molecular complexity index is 2850. The van der Waals surface area contributed by atoms with Crippen molar-refractivity contribution in [2.75, 3.05) is 0 Å². The lowest BCUT2D eigenvalue weighted by Crippen LogP contribution is -1.84. The van der Waals surface area contributed by atoms with Crippen LogP contribution in [0.25, 0.3) is 96.6 Å². The van der Waals surface area contributed by atoms with Crippen molar-refractivity contribution in [1.29, 1.82) is 0 Å². The van der Waals surface area contributed by atoms with Crippen molar-refractivity contribution in [2.24, 2.45) is 0 Å². The van der Waals surface area contributed by atoms with Crippen LogP contribution in [0.3, 0.4) is 0 Å². The fraction of sp³-hybridized carbons (Fsp3) is 0. The van der Waals surface area contributed by atoms with Gasteiger partial charge >= 0.3 is 0 Å². The Kier molecular flexibility index (Phi) is 5.85. The highest BCUT2D eigenvalue weighted by Gasteiger charge is 2.13. The van der Waals surface area contributed by atoms with Crippen molar-refractivity contribution < 1.29 is 0 Å². The molecule has 0 aliphatic carbocycles. The van der Waals surface area contributed by atoms with E-state index in [1.165, 1.54) is 96.6 Å². The minimum Gasteiger partial charge on any atom is -0.134 e. The van der Waals surface area contributed by atoms with Crippen LogP contribution in [-0.4, -0.2) is 0 Å². The highest BCUT2D eigenvalue weighted by atomic mass is 32.1. The van der Waals surface area contributed by atoms with Crippen LogP contribution in [0, 0.1) is 0 Å². The van der Waals surface area contributed by atoms with Gasteiger partial charge in [-0.05, 0) is 101 Å². The Morgan fingerprint density at radius 1 is 0.255 bits per heavy atom. The van der Waals surface area contributed by atoms with Gasteiger partial charge in [-0.25, -0.2) is 0 Å². The van der Waals surface area contributed by atoms with Crippen molar-refractivity contribution in [2.45, 2.75) is 0 Å². The Labute approximate surface area is 276 Å². The van der Waals surface area contributed by atoms with Crippen LogP contribution in [-0.2, 0) is 0 Å².